The molecule has 0 radical (unpaired) electrons. The van der Waals surface area contributed by atoms with Crippen molar-refractivity contribution in [1.29, 1.82) is 0 Å². The van der Waals surface area contributed by atoms with Crippen molar-refractivity contribution in [3.63, 3.8) is 0 Å². The summed E-state index contributed by atoms with van der Waals surface area (Å²) in [5, 5.41) is 11.1. The van der Waals surface area contributed by atoms with E-state index in [1.165, 1.54) is 0 Å². The highest BCUT2D eigenvalue weighted by atomic mass is 16.4. The number of hydrogen-bond acceptors (Lipinski definition) is 4. The van der Waals surface area contributed by atoms with Gasteiger partial charge in [0.25, 0.3) is 0 Å². The molecule has 0 spiro atoms. The van der Waals surface area contributed by atoms with Gasteiger partial charge in [0, 0.05) is 47.5 Å². The number of phenolic OH excluding ortho intramolecular Hbond substituents is 1. The van der Waals surface area contributed by atoms with Crippen LogP contribution in [0.4, 0.5) is 5.69 Å². The number of aromatic nitrogens is 1. The molecule has 0 saturated carbocycles. The summed E-state index contributed by atoms with van der Waals surface area (Å²) >= 11 is 0. The van der Waals surface area contributed by atoms with Crippen LogP contribution in [0.5, 0.6) is 5.75 Å². The summed E-state index contributed by atoms with van der Waals surface area (Å²) in [5.41, 5.74) is 5.09. The van der Waals surface area contributed by atoms with Crippen LogP contribution in [0.3, 0.4) is 0 Å². The lowest BCUT2D eigenvalue weighted by atomic mass is 9.78. The summed E-state index contributed by atoms with van der Waals surface area (Å²) in [7, 11) is 4.07. The fourth-order valence-electron chi connectivity index (χ4n) is 3.97. The van der Waals surface area contributed by atoms with Crippen LogP contribution >= 0.6 is 0 Å². The fourth-order valence-corrected chi connectivity index (χ4v) is 3.97. The third kappa shape index (κ3) is 5.10. The molecule has 0 unspecified atom stereocenters. The van der Waals surface area contributed by atoms with Gasteiger partial charge >= 0.3 is 0 Å². The number of rotatable bonds is 3. The van der Waals surface area contributed by atoms with E-state index in [2.05, 4.69) is 91.5 Å². The Labute approximate surface area is 199 Å². The van der Waals surface area contributed by atoms with Crippen molar-refractivity contribution in [2.24, 2.45) is 0 Å². The minimum atomic E-state index is -0.218. The molecule has 0 aliphatic heterocycles. The molecule has 0 saturated heterocycles. The number of hydrogen-bond donors (Lipinski definition) is 1. The largest absolute Gasteiger partial charge is 0.507 e. The third-order valence-corrected chi connectivity index (χ3v) is 5.94. The van der Waals surface area contributed by atoms with Gasteiger partial charge in [0.2, 0.25) is 5.89 Å². The van der Waals surface area contributed by atoms with Crippen molar-refractivity contribution in [2.45, 2.75) is 78.6 Å². The van der Waals surface area contributed by atoms with Crippen LogP contribution in [-0.4, -0.2) is 24.2 Å². The van der Waals surface area contributed by atoms with Crippen molar-refractivity contribution < 1.29 is 9.52 Å². The molecule has 33 heavy (non-hydrogen) atoms. The van der Waals surface area contributed by atoms with Gasteiger partial charge in [0.15, 0.2) is 0 Å². The van der Waals surface area contributed by atoms with E-state index >= 15 is 0 Å². The highest BCUT2D eigenvalue weighted by molar-refractivity contribution is 5.70. The van der Waals surface area contributed by atoms with Crippen molar-refractivity contribution >= 4 is 5.69 Å². The normalized spacial score (nSPS) is 12.8. The minimum Gasteiger partial charge on any atom is -0.507 e. The van der Waals surface area contributed by atoms with Crippen LogP contribution < -0.4 is 4.90 Å². The summed E-state index contributed by atoms with van der Waals surface area (Å²) in [6, 6.07) is 12.5. The smallest absolute Gasteiger partial charge is 0.226 e. The van der Waals surface area contributed by atoms with Crippen LogP contribution in [0.15, 0.2) is 40.8 Å². The first-order chi connectivity index (χ1) is 15.0. The number of phenols is 1. The number of benzene rings is 2. The summed E-state index contributed by atoms with van der Waals surface area (Å²) in [6.07, 6.45) is 0. The van der Waals surface area contributed by atoms with Gasteiger partial charge in [-0.2, -0.15) is 0 Å². The SMILES string of the molecule is CN(C)c1ccc(-c2nc(-c3cc(C(C)(C)C)c(O)c(C(C)(C)C)c3)oc2C(C)(C)C)cc1. The zero-order chi connectivity index (χ0) is 24.9. The van der Waals surface area contributed by atoms with E-state index in [0.717, 1.165) is 39.4 Å². The van der Waals surface area contributed by atoms with Crippen LogP contribution in [0.25, 0.3) is 22.7 Å². The Morgan fingerprint density at radius 1 is 0.727 bits per heavy atom. The highest BCUT2D eigenvalue weighted by Gasteiger charge is 2.30. The molecular weight excluding hydrogens is 408 g/mol. The maximum atomic E-state index is 11.1. The van der Waals surface area contributed by atoms with Gasteiger partial charge in [-0.1, -0.05) is 74.4 Å². The van der Waals surface area contributed by atoms with E-state index in [-0.39, 0.29) is 16.2 Å². The topological polar surface area (TPSA) is 49.5 Å². The van der Waals surface area contributed by atoms with Crippen LogP contribution in [-0.2, 0) is 16.2 Å². The van der Waals surface area contributed by atoms with E-state index < -0.39 is 0 Å². The van der Waals surface area contributed by atoms with Gasteiger partial charge in [-0.25, -0.2) is 4.98 Å². The molecule has 1 heterocycles. The molecule has 3 aromatic rings. The van der Waals surface area contributed by atoms with Crippen LogP contribution in [0.2, 0.25) is 0 Å². The second kappa shape index (κ2) is 8.23. The number of aromatic hydroxyl groups is 1. The van der Waals surface area contributed by atoms with Gasteiger partial charge < -0.3 is 14.4 Å². The standard InChI is InChI=1S/C29H40N2O2/c1-27(2,3)21-16-19(17-22(24(21)32)28(4,5)6)26-30-23(25(33-26)29(7,8)9)18-12-14-20(15-13-18)31(10)11/h12-17,32H,1-11H3. The zero-order valence-electron chi connectivity index (χ0n) is 22.2. The van der Waals surface area contributed by atoms with Gasteiger partial charge in [-0.3, -0.25) is 0 Å². The Morgan fingerprint density at radius 3 is 1.61 bits per heavy atom. The predicted octanol–water partition coefficient (Wildman–Crippen LogP) is 7.67. The average Bonchev–Trinajstić information content (AvgIpc) is 3.12. The van der Waals surface area contributed by atoms with E-state index in [0.29, 0.717) is 11.6 Å². The molecule has 4 nitrogen and oxygen atoms in total. The zero-order valence-corrected chi connectivity index (χ0v) is 22.2. The summed E-state index contributed by atoms with van der Waals surface area (Å²) in [5.74, 6) is 1.81. The molecule has 1 aromatic heterocycles. The van der Waals surface area contributed by atoms with E-state index in [9.17, 15) is 5.11 Å². The summed E-state index contributed by atoms with van der Waals surface area (Å²) < 4.78 is 6.47. The van der Waals surface area contributed by atoms with Crippen LogP contribution in [0, 0.1) is 0 Å². The number of nitrogens with zero attached hydrogens (tertiary/aromatic N) is 2. The molecule has 0 atom stereocenters. The Balaban J connectivity index is 2.26. The number of oxazole rings is 1. The van der Waals surface area contributed by atoms with Crippen molar-refractivity contribution in [1.82, 2.24) is 4.98 Å². The number of anilines is 1. The van der Waals surface area contributed by atoms with Crippen molar-refractivity contribution in [2.75, 3.05) is 19.0 Å². The van der Waals surface area contributed by atoms with Gasteiger partial charge in [-0.15, -0.1) is 0 Å². The first-order valence-electron chi connectivity index (χ1n) is 11.7. The fraction of sp³-hybridized carbons (Fsp3) is 0.483. The lowest BCUT2D eigenvalue weighted by molar-refractivity contribution is 0.414. The maximum absolute atomic E-state index is 11.1. The second-order valence-electron chi connectivity index (χ2n) is 12.3. The van der Waals surface area contributed by atoms with Gasteiger partial charge in [0.1, 0.15) is 17.2 Å². The summed E-state index contributed by atoms with van der Waals surface area (Å²) in [6.45, 7) is 19.1. The first kappa shape index (κ1) is 24.9. The Hall–Kier alpha value is -2.75. The quantitative estimate of drug-likeness (QED) is 0.446. The average molecular weight is 449 g/mol. The molecule has 0 fully saturated rings. The molecule has 1 N–H and O–H groups in total. The Bertz CT molecular complexity index is 1100. The molecule has 0 amide bonds. The van der Waals surface area contributed by atoms with E-state index in [1.54, 1.807) is 0 Å². The van der Waals surface area contributed by atoms with Crippen molar-refractivity contribution in [3.05, 3.63) is 53.3 Å². The molecule has 2 aromatic carbocycles. The van der Waals surface area contributed by atoms with E-state index in [4.69, 9.17) is 9.40 Å². The second-order valence-corrected chi connectivity index (χ2v) is 12.3. The lowest BCUT2D eigenvalue weighted by Gasteiger charge is -2.27. The van der Waals surface area contributed by atoms with Gasteiger partial charge in [0.05, 0.1) is 0 Å². The predicted molar refractivity (Wildman–Crippen MR) is 139 cm³/mol. The Kier molecular flexibility index (Phi) is 6.21. The minimum absolute atomic E-state index is 0.211. The molecule has 0 aliphatic carbocycles. The molecule has 4 heteroatoms. The molecule has 0 aliphatic rings. The summed E-state index contributed by atoms with van der Waals surface area (Å²) in [4.78, 5) is 7.09. The lowest BCUT2D eigenvalue weighted by Crippen LogP contribution is -2.17. The monoisotopic (exact) mass is 448 g/mol. The highest BCUT2D eigenvalue weighted by Crippen LogP contribution is 2.43. The maximum Gasteiger partial charge on any atom is 0.226 e. The molecule has 0 bridgehead atoms. The van der Waals surface area contributed by atoms with Crippen molar-refractivity contribution in [3.8, 4) is 28.5 Å². The Morgan fingerprint density at radius 2 is 1.21 bits per heavy atom. The molecular formula is C29H40N2O2. The van der Waals surface area contributed by atoms with E-state index in [1.807, 2.05) is 26.2 Å². The molecule has 3 rings (SSSR count). The first-order valence-corrected chi connectivity index (χ1v) is 11.7. The molecule has 178 valence electrons. The third-order valence-electron chi connectivity index (χ3n) is 5.94. The van der Waals surface area contributed by atoms with Gasteiger partial charge in [-0.05, 0) is 35.1 Å². The van der Waals surface area contributed by atoms with Crippen LogP contribution in [0.1, 0.15) is 79.2 Å².